The van der Waals surface area contributed by atoms with E-state index in [0.717, 1.165) is 16.8 Å². The fourth-order valence-corrected chi connectivity index (χ4v) is 2.23. The first-order valence-corrected chi connectivity index (χ1v) is 7.03. The van der Waals surface area contributed by atoms with Crippen molar-refractivity contribution in [3.05, 3.63) is 84.1 Å². The number of rotatable bonds is 3. The Labute approximate surface area is 131 Å². The highest BCUT2D eigenvalue weighted by atomic mass is 19.4. The molecule has 23 heavy (non-hydrogen) atoms. The second-order valence-electron chi connectivity index (χ2n) is 5.03. The van der Waals surface area contributed by atoms with E-state index in [4.69, 9.17) is 4.74 Å². The summed E-state index contributed by atoms with van der Waals surface area (Å²) in [4.78, 5) is 0. The van der Waals surface area contributed by atoms with Crippen LogP contribution in [0.2, 0.25) is 0 Å². The quantitative estimate of drug-likeness (QED) is 0.553. The zero-order valence-electron chi connectivity index (χ0n) is 12.0. The molecule has 1 nitrogen and oxygen atoms in total. The van der Waals surface area contributed by atoms with E-state index in [1.165, 1.54) is 12.1 Å². The monoisotopic (exact) mass is 314 g/mol. The van der Waals surface area contributed by atoms with Gasteiger partial charge in [0.15, 0.2) is 0 Å². The molecule has 3 rings (SSSR count). The Bertz CT molecular complexity index is 836. The maximum absolute atomic E-state index is 13.2. The maximum atomic E-state index is 13.2. The van der Waals surface area contributed by atoms with E-state index in [2.05, 4.69) is 0 Å². The standard InChI is InChI=1S/C19H13F3O/c20-19(21,22)18(23-17-8-2-1-3-9-17)13-14-10-11-15-6-4-5-7-16(15)12-14/h1-13H/b18-13+. The normalized spacial score (nSPS) is 12.4. The number of hydrogen-bond donors (Lipinski definition) is 0. The number of para-hydroxylation sites is 1. The third kappa shape index (κ3) is 3.72. The lowest BCUT2D eigenvalue weighted by Gasteiger charge is -2.13. The highest BCUT2D eigenvalue weighted by Gasteiger charge is 2.36. The van der Waals surface area contributed by atoms with Gasteiger partial charge in [-0.2, -0.15) is 13.2 Å². The summed E-state index contributed by atoms with van der Waals surface area (Å²) in [6, 6.07) is 20.6. The van der Waals surface area contributed by atoms with Crippen LogP contribution in [0.15, 0.2) is 78.6 Å². The Hall–Kier alpha value is -2.75. The number of fused-ring (bicyclic) bond motifs is 1. The molecule has 0 fully saturated rings. The summed E-state index contributed by atoms with van der Waals surface area (Å²) in [6.07, 6.45) is -3.55. The molecule has 0 saturated carbocycles. The zero-order chi connectivity index (χ0) is 16.3. The second-order valence-corrected chi connectivity index (χ2v) is 5.03. The van der Waals surface area contributed by atoms with Gasteiger partial charge in [-0.15, -0.1) is 0 Å². The van der Waals surface area contributed by atoms with Gasteiger partial charge in [-0.05, 0) is 40.6 Å². The van der Waals surface area contributed by atoms with E-state index in [1.54, 1.807) is 36.4 Å². The molecule has 0 saturated heterocycles. The lowest BCUT2D eigenvalue weighted by atomic mass is 10.1. The van der Waals surface area contributed by atoms with Gasteiger partial charge in [-0.25, -0.2) is 0 Å². The Morgan fingerprint density at radius 2 is 1.43 bits per heavy atom. The highest BCUT2D eigenvalue weighted by molar-refractivity contribution is 5.84. The smallest absolute Gasteiger partial charge is 0.449 e. The molecule has 0 bridgehead atoms. The van der Waals surface area contributed by atoms with Crippen molar-refractivity contribution in [2.75, 3.05) is 0 Å². The summed E-state index contributed by atoms with van der Waals surface area (Å²) in [5, 5.41) is 1.85. The van der Waals surface area contributed by atoms with Crippen LogP contribution in [0.5, 0.6) is 5.75 Å². The van der Waals surface area contributed by atoms with Gasteiger partial charge in [0.2, 0.25) is 5.76 Å². The molecule has 0 heterocycles. The number of benzene rings is 3. The van der Waals surface area contributed by atoms with E-state index < -0.39 is 11.9 Å². The Balaban J connectivity index is 1.99. The molecular weight excluding hydrogens is 301 g/mol. The molecule has 3 aromatic rings. The van der Waals surface area contributed by atoms with Crippen LogP contribution >= 0.6 is 0 Å². The fourth-order valence-electron chi connectivity index (χ4n) is 2.23. The van der Waals surface area contributed by atoms with E-state index in [0.29, 0.717) is 5.56 Å². The predicted molar refractivity (Wildman–Crippen MR) is 85.1 cm³/mol. The minimum Gasteiger partial charge on any atom is -0.452 e. The lowest BCUT2D eigenvalue weighted by Crippen LogP contribution is -2.17. The molecule has 0 spiro atoms. The van der Waals surface area contributed by atoms with Gasteiger partial charge in [0, 0.05) is 0 Å². The Morgan fingerprint density at radius 1 is 0.783 bits per heavy atom. The van der Waals surface area contributed by atoms with Crippen molar-refractivity contribution in [1.82, 2.24) is 0 Å². The molecule has 3 aromatic carbocycles. The van der Waals surface area contributed by atoms with Crippen LogP contribution in [0.1, 0.15) is 5.56 Å². The zero-order valence-corrected chi connectivity index (χ0v) is 12.0. The number of ether oxygens (including phenoxy) is 1. The first-order valence-electron chi connectivity index (χ1n) is 7.03. The summed E-state index contributed by atoms with van der Waals surface area (Å²) >= 11 is 0. The SMILES string of the molecule is FC(F)(F)/C(=C\c1ccc2ccccc2c1)Oc1ccccc1. The van der Waals surface area contributed by atoms with Crippen molar-refractivity contribution in [3.63, 3.8) is 0 Å². The number of halogens is 3. The second kappa shape index (κ2) is 6.16. The van der Waals surface area contributed by atoms with Crippen molar-refractivity contribution in [2.24, 2.45) is 0 Å². The van der Waals surface area contributed by atoms with Gasteiger partial charge >= 0.3 is 6.18 Å². The Morgan fingerprint density at radius 3 is 2.13 bits per heavy atom. The molecule has 0 aromatic heterocycles. The molecule has 0 atom stereocenters. The van der Waals surface area contributed by atoms with Crippen LogP contribution in [0.4, 0.5) is 13.2 Å². The van der Waals surface area contributed by atoms with Crippen molar-refractivity contribution in [3.8, 4) is 5.75 Å². The van der Waals surface area contributed by atoms with Gasteiger partial charge in [0.25, 0.3) is 0 Å². The molecule has 0 aliphatic rings. The van der Waals surface area contributed by atoms with Crippen molar-refractivity contribution in [2.45, 2.75) is 6.18 Å². The van der Waals surface area contributed by atoms with Gasteiger partial charge < -0.3 is 4.74 Å². The lowest BCUT2D eigenvalue weighted by molar-refractivity contribution is -0.115. The molecular formula is C19H13F3O. The summed E-state index contributed by atoms with van der Waals surface area (Å²) in [5.74, 6) is -0.893. The first kappa shape index (κ1) is 15.2. The van der Waals surface area contributed by atoms with E-state index in [-0.39, 0.29) is 5.75 Å². The van der Waals surface area contributed by atoms with Gasteiger partial charge in [-0.3, -0.25) is 0 Å². The molecule has 0 unspecified atom stereocenters. The molecule has 0 aliphatic heterocycles. The van der Waals surface area contributed by atoms with Crippen LogP contribution in [-0.4, -0.2) is 6.18 Å². The van der Waals surface area contributed by atoms with Crippen LogP contribution in [0.3, 0.4) is 0 Å². The van der Waals surface area contributed by atoms with Crippen LogP contribution in [0, 0.1) is 0 Å². The van der Waals surface area contributed by atoms with Gasteiger partial charge in [0.1, 0.15) is 5.75 Å². The summed E-state index contributed by atoms with van der Waals surface area (Å²) < 4.78 is 44.7. The van der Waals surface area contributed by atoms with Gasteiger partial charge in [-0.1, -0.05) is 54.6 Å². The van der Waals surface area contributed by atoms with Crippen molar-refractivity contribution < 1.29 is 17.9 Å². The third-order valence-electron chi connectivity index (χ3n) is 3.32. The number of allylic oxidation sites excluding steroid dienone is 1. The molecule has 0 radical (unpaired) electrons. The molecule has 0 aliphatic carbocycles. The molecule has 116 valence electrons. The van der Waals surface area contributed by atoms with Crippen LogP contribution in [0.25, 0.3) is 16.8 Å². The number of hydrogen-bond acceptors (Lipinski definition) is 1. The summed E-state index contributed by atoms with van der Waals surface area (Å²) in [6.45, 7) is 0. The predicted octanol–water partition coefficient (Wildman–Crippen LogP) is 5.82. The summed E-state index contributed by atoms with van der Waals surface area (Å²) in [7, 11) is 0. The minimum absolute atomic E-state index is 0.150. The molecule has 4 heteroatoms. The van der Waals surface area contributed by atoms with Crippen molar-refractivity contribution in [1.29, 1.82) is 0 Å². The third-order valence-corrected chi connectivity index (χ3v) is 3.32. The van der Waals surface area contributed by atoms with Crippen LogP contribution in [-0.2, 0) is 0 Å². The van der Waals surface area contributed by atoms with Crippen molar-refractivity contribution >= 4 is 16.8 Å². The first-order chi connectivity index (χ1) is 11.0. The maximum Gasteiger partial charge on any atom is 0.449 e. The molecule has 0 amide bonds. The average molecular weight is 314 g/mol. The Kier molecular flexibility index (Phi) is 4.06. The fraction of sp³-hybridized carbons (Fsp3) is 0.0526. The largest absolute Gasteiger partial charge is 0.452 e. The van der Waals surface area contributed by atoms with E-state index in [9.17, 15) is 13.2 Å². The highest BCUT2D eigenvalue weighted by Crippen LogP contribution is 2.30. The minimum atomic E-state index is -4.57. The summed E-state index contributed by atoms with van der Waals surface area (Å²) in [5.41, 5.74) is 0.437. The van der Waals surface area contributed by atoms with E-state index >= 15 is 0 Å². The average Bonchev–Trinajstić information content (AvgIpc) is 2.54. The van der Waals surface area contributed by atoms with Crippen LogP contribution < -0.4 is 4.74 Å². The molecule has 0 N–H and O–H groups in total. The van der Waals surface area contributed by atoms with E-state index in [1.807, 2.05) is 24.3 Å². The number of alkyl halides is 3. The topological polar surface area (TPSA) is 9.23 Å². The van der Waals surface area contributed by atoms with Gasteiger partial charge in [0.05, 0.1) is 0 Å².